The molecule has 2 atom stereocenters. The summed E-state index contributed by atoms with van der Waals surface area (Å²) < 4.78 is 0. The van der Waals surface area contributed by atoms with Gasteiger partial charge in [-0.25, -0.2) is 4.79 Å². The summed E-state index contributed by atoms with van der Waals surface area (Å²) >= 11 is 1.87. The van der Waals surface area contributed by atoms with E-state index < -0.39 is 0 Å². The van der Waals surface area contributed by atoms with E-state index in [-0.39, 0.29) is 6.03 Å². The van der Waals surface area contributed by atoms with Crippen LogP contribution in [-0.2, 0) is 6.54 Å². The SMILES string of the molecule is CS[C@H]1CCC[C@@H]1N(C)C(=O)NCc1ccncc1. The molecule has 1 aromatic heterocycles. The second kappa shape index (κ2) is 6.80. The van der Waals surface area contributed by atoms with Crippen LogP contribution in [0.2, 0.25) is 0 Å². The van der Waals surface area contributed by atoms with Crippen LogP contribution in [0.3, 0.4) is 0 Å². The second-order valence-electron chi connectivity index (χ2n) is 4.90. The molecular formula is C14H21N3OS. The van der Waals surface area contributed by atoms with Gasteiger partial charge in [0, 0.05) is 37.3 Å². The van der Waals surface area contributed by atoms with Crippen molar-refractivity contribution in [1.29, 1.82) is 0 Å². The Balaban J connectivity index is 1.85. The lowest BCUT2D eigenvalue weighted by molar-refractivity contribution is 0.191. The van der Waals surface area contributed by atoms with E-state index in [4.69, 9.17) is 0 Å². The molecular weight excluding hydrogens is 258 g/mol. The summed E-state index contributed by atoms with van der Waals surface area (Å²) in [5.41, 5.74) is 1.07. The minimum absolute atomic E-state index is 0.0164. The van der Waals surface area contributed by atoms with E-state index in [9.17, 15) is 4.79 Å². The maximum absolute atomic E-state index is 12.2. The zero-order chi connectivity index (χ0) is 13.7. The largest absolute Gasteiger partial charge is 0.334 e. The fraction of sp³-hybridized carbons (Fsp3) is 0.571. The minimum Gasteiger partial charge on any atom is -0.334 e. The predicted molar refractivity (Wildman–Crippen MR) is 79.2 cm³/mol. The molecule has 0 aliphatic heterocycles. The second-order valence-corrected chi connectivity index (χ2v) is 5.97. The smallest absolute Gasteiger partial charge is 0.317 e. The summed E-state index contributed by atoms with van der Waals surface area (Å²) in [7, 11) is 1.90. The molecule has 0 bridgehead atoms. The van der Waals surface area contributed by atoms with Gasteiger partial charge in [-0.3, -0.25) is 4.98 Å². The van der Waals surface area contributed by atoms with Gasteiger partial charge in [0.15, 0.2) is 0 Å². The third-order valence-electron chi connectivity index (χ3n) is 3.73. The van der Waals surface area contributed by atoms with E-state index in [1.165, 1.54) is 12.8 Å². The molecule has 5 heteroatoms. The van der Waals surface area contributed by atoms with E-state index >= 15 is 0 Å². The van der Waals surface area contributed by atoms with E-state index in [1.807, 2.05) is 35.8 Å². The zero-order valence-corrected chi connectivity index (χ0v) is 12.3. The van der Waals surface area contributed by atoms with Crippen LogP contribution in [0.4, 0.5) is 4.79 Å². The zero-order valence-electron chi connectivity index (χ0n) is 11.5. The van der Waals surface area contributed by atoms with Crippen molar-refractivity contribution >= 4 is 17.8 Å². The maximum Gasteiger partial charge on any atom is 0.317 e. The molecule has 2 amide bonds. The first-order chi connectivity index (χ1) is 9.22. The first kappa shape index (κ1) is 14.2. The van der Waals surface area contributed by atoms with Crippen LogP contribution >= 0.6 is 11.8 Å². The summed E-state index contributed by atoms with van der Waals surface area (Å²) in [6.45, 7) is 0.558. The number of hydrogen-bond donors (Lipinski definition) is 1. The Bertz CT molecular complexity index is 412. The Morgan fingerprint density at radius 3 is 2.89 bits per heavy atom. The Morgan fingerprint density at radius 1 is 1.47 bits per heavy atom. The van der Waals surface area contributed by atoms with Crippen molar-refractivity contribution in [3.8, 4) is 0 Å². The van der Waals surface area contributed by atoms with E-state index in [1.54, 1.807) is 12.4 Å². The monoisotopic (exact) mass is 279 g/mol. The number of aromatic nitrogens is 1. The van der Waals surface area contributed by atoms with Gasteiger partial charge >= 0.3 is 6.03 Å². The molecule has 1 aliphatic carbocycles. The number of carbonyl (C=O) groups excluding carboxylic acids is 1. The van der Waals surface area contributed by atoms with Crippen molar-refractivity contribution in [2.45, 2.75) is 37.1 Å². The molecule has 1 heterocycles. The molecule has 0 aromatic carbocycles. The molecule has 19 heavy (non-hydrogen) atoms. The predicted octanol–water partition coefficient (Wildman–Crippen LogP) is 2.51. The Labute approximate surface area is 119 Å². The van der Waals surface area contributed by atoms with Crippen molar-refractivity contribution < 1.29 is 4.79 Å². The highest BCUT2D eigenvalue weighted by Gasteiger charge is 2.31. The number of carbonyl (C=O) groups is 1. The minimum atomic E-state index is 0.0164. The van der Waals surface area contributed by atoms with Crippen molar-refractivity contribution in [3.05, 3.63) is 30.1 Å². The highest BCUT2D eigenvalue weighted by Crippen LogP contribution is 2.31. The lowest BCUT2D eigenvalue weighted by atomic mass is 10.2. The maximum atomic E-state index is 12.2. The Hall–Kier alpha value is -1.23. The molecule has 1 aliphatic rings. The first-order valence-electron chi connectivity index (χ1n) is 6.64. The number of nitrogens with one attached hydrogen (secondary N) is 1. The number of hydrogen-bond acceptors (Lipinski definition) is 3. The van der Waals surface area contributed by atoms with Crippen LogP contribution in [0.5, 0.6) is 0 Å². The van der Waals surface area contributed by atoms with Gasteiger partial charge in [-0.15, -0.1) is 0 Å². The van der Waals surface area contributed by atoms with E-state index in [0.717, 1.165) is 12.0 Å². The molecule has 4 nitrogen and oxygen atoms in total. The van der Waals surface area contributed by atoms with Crippen LogP contribution in [0.25, 0.3) is 0 Å². The van der Waals surface area contributed by atoms with Crippen molar-refractivity contribution in [2.75, 3.05) is 13.3 Å². The van der Waals surface area contributed by atoms with Gasteiger partial charge in [-0.2, -0.15) is 11.8 Å². The summed E-state index contributed by atoms with van der Waals surface area (Å²) in [4.78, 5) is 18.0. The van der Waals surface area contributed by atoms with E-state index in [0.29, 0.717) is 17.8 Å². The molecule has 104 valence electrons. The lowest BCUT2D eigenvalue weighted by Gasteiger charge is -2.29. The first-order valence-corrected chi connectivity index (χ1v) is 7.93. The number of pyridine rings is 1. The van der Waals surface area contributed by atoms with E-state index in [2.05, 4.69) is 16.6 Å². The quantitative estimate of drug-likeness (QED) is 0.921. The third kappa shape index (κ3) is 3.62. The van der Waals surface area contributed by atoms with Gasteiger partial charge in [0.05, 0.1) is 0 Å². The standard InChI is InChI=1S/C14H21N3OS/c1-17(12-4-3-5-13(12)19-2)14(18)16-10-11-6-8-15-9-7-11/h6-9,12-13H,3-5,10H2,1-2H3,(H,16,18)/t12-,13-/m0/s1. The van der Waals surface area contributed by atoms with Crippen LogP contribution in [-0.4, -0.2) is 40.5 Å². The normalized spacial score (nSPS) is 22.2. The highest BCUT2D eigenvalue weighted by molar-refractivity contribution is 7.99. The molecule has 1 N–H and O–H groups in total. The molecule has 2 rings (SSSR count). The lowest BCUT2D eigenvalue weighted by Crippen LogP contribution is -2.45. The third-order valence-corrected chi connectivity index (χ3v) is 4.89. The molecule has 1 aromatic rings. The molecule has 0 saturated heterocycles. The highest BCUT2D eigenvalue weighted by atomic mass is 32.2. The summed E-state index contributed by atoms with van der Waals surface area (Å²) in [5.74, 6) is 0. The molecule has 1 fully saturated rings. The van der Waals surface area contributed by atoms with Crippen molar-refractivity contribution in [3.63, 3.8) is 0 Å². The average Bonchev–Trinajstić information content (AvgIpc) is 2.93. The number of urea groups is 1. The van der Waals surface area contributed by atoms with Crippen LogP contribution < -0.4 is 5.32 Å². The number of amides is 2. The summed E-state index contributed by atoms with van der Waals surface area (Å²) in [6.07, 6.45) is 9.17. The van der Waals surface area contributed by atoms with Gasteiger partial charge < -0.3 is 10.2 Å². The molecule has 0 unspecified atom stereocenters. The fourth-order valence-corrected chi connectivity index (χ4v) is 3.61. The van der Waals surface area contributed by atoms with Crippen LogP contribution in [0, 0.1) is 0 Å². The van der Waals surface area contributed by atoms with Gasteiger partial charge in [0.25, 0.3) is 0 Å². The van der Waals surface area contributed by atoms with Gasteiger partial charge in [0.1, 0.15) is 0 Å². The Kier molecular flexibility index (Phi) is 5.07. The number of nitrogens with zero attached hydrogens (tertiary/aromatic N) is 2. The van der Waals surface area contributed by atoms with Crippen LogP contribution in [0.1, 0.15) is 24.8 Å². The van der Waals surface area contributed by atoms with Crippen LogP contribution in [0.15, 0.2) is 24.5 Å². The summed E-state index contributed by atoms with van der Waals surface area (Å²) in [6, 6.07) is 4.22. The van der Waals surface area contributed by atoms with Crippen molar-refractivity contribution in [1.82, 2.24) is 15.2 Å². The van der Waals surface area contributed by atoms with Gasteiger partial charge in [0.2, 0.25) is 0 Å². The fourth-order valence-electron chi connectivity index (χ4n) is 2.58. The summed E-state index contributed by atoms with van der Waals surface area (Å²) in [5, 5.41) is 3.55. The number of rotatable bonds is 4. The van der Waals surface area contributed by atoms with Gasteiger partial charge in [-0.05, 0) is 36.8 Å². The molecule has 0 radical (unpaired) electrons. The van der Waals surface area contributed by atoms with Gasteiger partial charge in [-0.1, -0.05) is 6.42 Å². The topological polar surface area (TPSA) is 45.2 Å². The molecule has 1 saturated carbocycles. The Morgan fingerprint density at radius 2 is 2.21 bits per heavy atom. The number of thioether (sulfide) groups is 1. The average molecular weight is 279 g/mol. The molecule has 0 spiro atoms. The van der Waals surface area contributed by atoms with Crippen molar-refractivity contribution in [2.24, 2.45) is 0 Å².